The standard InChI is InChI=1S/C20H15F2N3S/c1-11-3-5-14(12(2)7-11)15-9-26-20-18(15)19(23-10-24-20)25-17-8-13(21)4-6-16(17)22/h3-10H,1-2H3,(H,23,24,25). The Morgan fingerprint density at radius 2 is 1.81 bits per heavy atom. The third-order valence-corrected chi connectivity index (χ3v) is 5.11. The fourth-order valence-electron chi connectivity index (χ4n) is 3.00. The van der Waals surface area contributed by atoms with Crippen LogP contribution in [0.1, 0.15) is 11.1 Å². The fraction of sp³-hybridized carbons (Fsp3) is 0.100. The van der Waals surface area contributed by atoms with E-state index in [1.54, 1.807) is 0 Å². The van der Waals surface area contributed by atoms with Crippen LogP contribution in [0.15, 0.2) is 48.1 Å². The highest BCUT2D eigenvalue weighted by Gasteiger charge is 2.16. The van der Waals surface area contributed by atoms with Gasteiger partial charge in [-0.15, -0.1) is 11.3 Å². The van der Waals surface area contributed by atoms with Gasteiger partial charge in [-0.3, -0.25) is 0 Å². The van der Waals surface area contributed by atoms with Crippen LogP contribution < -0.4 is 5.32 Å². The van der Waals surface area contributed by atoms with Crippen LogP contribution in [-0.4, -0.2) is 9.97 Å². The molecule has 2 heterocycles. The normalized spacial score (nSPS) is 11.1. The molecular formula is C20H15F2N3S. The molecule has 2 aromatic heterocycles. The van der Waals surface area contributed by atoms with Crippen LogP contribution in [0.3, 0.4) is 0 Å². The van der Waals surface area contributed by atoms with E-state index in [1.165, 1.54) is 23.2 Å². The van der Waals surface area contributed by atoms with Gasteiger partial charge in [0, 0.05) is 17.0 Å². The lowest BCUT2D eigenvalue weighted by atomic mass is 9.99. The molecule has 0 fully saturated rings. The summed E-state index contributed by atoms with van der Waals surface area (Å²) < 4.78 is 27.5. The SMILES string of the molecule is Cc1ccc(-c2csc3ncnc(Nc4cc(F)ccc4F)c23)c(C)c1. The molecule has 2 aromatic carbocycles. The Morgan fingerprint density at radius 3 is 2.62 bits per heavy atom. The number of aromatic nitrogens is 2. The molecule has 0 aliphatic rings. The topological polar surface area (TPSA) is 37.8 Å². The minimum Gasteiger partial charge on any atom is -0.337 e. The zero-order valence-corrected chi connectivity index (χ0v) is 15.0. The molecule has 0 radical (unpaired) electrons. The highest BCUT2D eigenvalue weighted by Crippen LogP contribution is 2.39. The second kappa shape index (κ2) is 6.46. The van der Waals surface area contributed by atoms with E-state index >= 15 is 0 Å². The zero-order chi connectivity index (χ0) is 18.3. The smallest absolute Gasteiger partial charge is 0.146 e. The highest BCUT2D eigenvalue weighted by atomic mass is 32.1. The molecule has 6 heteroatoms. The van der Waals surface area contributed by atoms with Crippen LogP contribution in [0, 0.1) is 25.5 Å². The maximum absolute atomic E-state index is 14.0. The van der Waals surface area contributed by atoms with E-state index in [9.17, 15) is 8.78 Å². The van der Waals surface area contributed by atoms with Crippen molar-refractivity contribution in [3.05, 3.63) is 70.9 Å². The molecule has 4 aromatic rings. The number of benzene rings is 2. The molecule has 3 nitrogen and oxygen atoms in total. The van der Waals surface area contributed by atoms with Gasteiger partial charge < -0.3 is 5.32 Å². The van der Waals surface area contributed by atoms with Crippen LogP contribution in [-0.2, 0) is 0 Å². The van der Waals surface area contributed by atoms with Crippen molar-refractivity contribution in [1.29, 1.82) is 0 Å². The van der Waals surface area contributed by atoms with Crippen molar-refractivity contribution < 1.29 is 8.78 Å². The first-order chi connectivity index (χ1) is 12.5. The lowest BCUT2D eigenvalue weighted by Gasteiger charge is -2.11. The van der Waals surface area contributed by atoms with E-state index < -0.39 is 11.6 Å². The molecule has 0 unspecified atom stereocenters. The van der Waals surface area contributed by atoms with Gasteiger partial charge in [-0.25, -0.2) is 18.7 Å². The van der Waals surface area contributed by atoms with Crippen LogP contribution in [0.25, 0.3) is 21.3 Å². The number of nitrogens with one attached hydrogen (secondary N) is 1. The van der Waals surface area contributed by atoms with Crippen LogP contribution >= 0.6 is 11.3 Å². The van der Waals surface area contributed by atoms with Gasteiger partial charge in [-0.05, 0) is 37.1 Å². The van der Waals surface area contributed by atoms with Gasteiger partial charge in [-0.2, -0.15) is 0 Å². The molecule has 0 aliphatic carbocycles. The fourth-order valence-corrected chi connectivity index (χ4v) is 3.91. The van der Waals surface area contributed by atoms with E-state index in [1.807, 2.05) is 12.3 Å². The lowest BCUT2D eigenvalue weighted by Crippen LogP contribution is -1.98. The molecule has 26 heavy (non-hydrogen) atoms. The second-order valence-electron chi connectivity index (χ2n) is 6.12. The summed E-state index contributed by atoms with van der Waals surface area (Å²) in [6.07, 6.45) is 1.42. The summed E-state index contributed by atoms with van der Waals surface area (Å²) in [5, 5.41) is 5.74. The van der Waals surface area contributed by atoms with E-state index in [-0.39, 0.29) is 5.69 Å². The number of rotatable bonds is 3. The van der Waals surface area contributed by atoms with E-state index in [2.05, 4.69) is 40.4 Å². The van der Waals surface area contributed by atoms with Gasteiger partial charge in [0.2, 0.25) is 0 Å². The highest BCUT2D eigenvalue weighted by molar-refractivity contribution is 7.17. The predicted molar refractivity (Wildman–Crippen MR) is 102 cm³/mol. The van der Waals surface area contributed by atoms with Crippen molar-refractivity contribution in [3.63, 3.8) is 0 Å². The molecule has 0 spiro atoms. The number of anilines is 2. The molecule has 0 saturated carbocycles. The molecule has 4 rings (SSSR count). The average Bonchev–Trinajstić information content (AvgIpc) is 3.03. The average molecular weight is 367 g/mol. The van der Waals surface area contributed by atoms with Crippen molar-refractivity contribution >= 4 is 33.1 Å². The molecule has 0 saturated heterocycles. The Labute approximate surface area is 153 Å². The molecular weight excluding hydrogens is 352 g/mol. The number of halogens is 2. The van der Waals surface area contributed by atoms with Crippen molar-refractivity contribution in [3.8, 4) is 11.1 Å². The number of hydrogen-bond acceptors (Lipinski definition) is 4. The summed E-state index contributed by atoms with van der Waals surface area (Å²) in [4.78, 5) is 9.38. The number of nitrogens with zero attached hydrogens (tertiary/aromatic N) is 2. The number of fused-ring (bicyclic) bond motifs is 1. The maximum Gasteiger partial charge on any atom is 0.146 e. The Morgan fingerprint density at radius 1 is 0.962 bits per heavy atom. The van der Waals surface area contributed by atoms with Crippen molar-refractivity contribution in [1.82, 2.24) is 9.97 Å². The number of hydrogen-bond donors (Lipinski definition) is 1. The van der Waals surface area contributed by atoms with E-state index in [0.29, 0.717) is 5.82 Å². The van der Waals surface area contributed by atoms with E-state index in [4.69, 9.17) is 0 Å². The third-order valence-electron chi connectivity index (χ3n) is 4.22. The first-order valence-electron chi connectivity index (χ1n) is 8.05. The van der Waals surface area contributed by atoms with Gasteiger partial charge in [0.25, 0.3) is 0 Å². The summed E-state index contributed by atoms with van der Waals surface area (Å²) in [7, 11) is 0. The summed E-state index contributed by atoms with van der Waals surface area (Å²) in [6, 6.07) is 9.52. The quantitative estimate of drug-likeness (QED) is 0.483. The van der Waals surface area contributed by atoms with Crippen LogP contribution in [0.2, 0.25) is 0 Å². The molecule has 0 amide bonds. The van der Waals surface area contributed by atoms with Crippen LogP contribution in [0.5, 0.6) is 0 Å². The van der Waals surface area contributed by atoms with Gasteiger partial charge in [-0.1, -0.05) is 23.8 Å². The zero-order valence-electron chi connectivity index (χ0n) is 14.2. The molecule has 0 atom stereocenters. The third kappa shape index (κ3) is 2.93. The Kier molecular flexibility index (Phi) is 4.12. The minimum absolute atomic E-state index is 0.0442. The van der Waals surface area contributed by atoms with Gasteiger partial charge in [0.15, 0.2) is 0 Å². The van der Waals surface area contributed by atoms with Crippen LogP contribution in [0.4, 0.5) is 20.3 Å². The first-order valence-corrected chi connectivity index (χ1v) is 8.93. The first kappa shape index (κ1) is 16.6. The Bertz CT molecular complexity index is 1120. The summed E-state index contributed by atoms with van der Waals surface area (Å²) in [6.45, 7) is 4.10. The van der Waals surface area contributed by atoms with Crippen molar-refractivity contribution in [2.45, 2.75) is 13.8 Å². The van der Waals surface area contributed by atoms with Gasteiger partial charge in [0.05, 0.1) is 11.1 Å². The van der Waals surface area contributed by atoms with Gasteiger partial charge >= 0.3 is 0 Å². The molecule has 1 N–H and O–H groups in total. The minimum atomic E-state index is -0.540. The Balaban J connectivity index is 1.88. The summed E-state index contributed by atoms with van der Waals surface area (Å²) in [5.74, 6) is -0.601. The summed E-state index contributed by atoms with van der Waals surface area (Å²) >= 11 is 1.49. The molecule has 0 aliphatic heterocycles. The molecule has 130 valence electrons. The van der Waals surface area contributed by atoms with Crippen molar-refractivity contribution in [2.75, 3.05) is 5.32 Å². The lowest BCUT2D eigenvalue weighted by molar-refractivity contribution is 0.603. The maximum atomic E-state index is 14.0. The monoisotopic (exact) mass is 367 g/mol. The van der Waals surface area contributed by atoms with Crippen molar-refractivity contribution in [2.24, 2.45) is 0 Å². The molecule has 0 bridgehead atoms. The van der Waals surface area contributed by atoms with Gasteiger partial charge in [0.1, 0.15) is 28.6 Å². The largest absolute Gasteiger partial charge is 0.337 e. The number of aryl methyl sites for hydroxylation is 2. The van der Waals surface area contributed by atoms with E-state index in [0.717, 1.165) is 45.1 Å². The Hall–Kier alpha value is -2.86. The predicted octanol–water partition coefficient (Wildman–Crippen LogP) is 6.00. The second-order valence-corrected chi connectivity index (χ2v) is 6.98. The summed E-state index contributed by atoms with van der Waals surface area (Å²) in [5.41, 5.74) is 4.41. The number of thiophene rings is 1.